The van der Waals surface area contributed by atoms with Gasteiger partial charge in [0.25, 0.3) is 0 Å². The highest BCUT2D eigenvalue weighted by molar-refractivity contribution is 6.43. The number of hydrogen-bond donors (Lipinski definition) is 2. The number of nitrogens with two attached hydrogens (primary N) is 1. The minimum absolute atomic E-state index is 0.409. The number of para-hydroxylation sites is 1. The molecular formula is C23H19Cl2NO3. The molecule has 4 rings (SSSR count). The van der Waals surface area contributed by atoms with Crippen molar-refractivity contribution in [3.8, 4) is 22.6 Å². The largest absolute Gasteiger partial charge is 0.481 e. The van der Waals surface area contributed by atoms with Gasteiger partial charge >= 0.3 is 5.97 Å². The molecule has 3 aromatic rings. The zero-order chi connectivity index (χ0) is 20.5. The average Bonchev–Trinajstić information content (AvgIpc) is 2.70. The van der Waals surface area contributed by atoms with Gasteiger partial charge in [-0.3, -0.25) is 4.79 Å². The van der Waals surface area contributed by atoms with E-state index >= 15 is 0 Å². The Kier molecular flexibility index (Phi) is 5.50. The first-order chi connectivity index (χ1) is 14.0. The van der Waals surface area contributed by atoms with Crippen LogP contribution in [0.15, 0.2) is 60.7 Å². The number of ether oxygens (including phenoxy) is 1. The molecule has 4 nitrogen and oxygen atoms in total. The van der Waals surface area contributed by atoms with Gasteiger partial charge in [-0.05, 0) is 48.2 Å². The molecule has 0 radical (unpaired) electrons. The van der Waals surface area contributed by atoms with E-state index in [-0.39, 0.29) is 0 Å². The summed E-state index contributed by atoms with van der Waals surface area (Å²) >= 11 is 12.6. The molecule has 0 heterocycles. The van der Waals surface area contributed by atoms with E-state index in [1.807, 2.05) is 48.5 Å². The summed E-state index contributed by atoms with van der Waals surface area (Å²) in [5, 5.41) is 10.6. The summed E-state index contributed by atoms with van der Waals surface area (Å²) in [7, 11) is 0. The van der Waals surface area contributed by atoms with Crippen molar-refractivity contribution in [3.05, 3.63) is 81.8 Å². The third-order valence-electron chi connectivity index (χ3n) is 5.25. The first-order valence-corrected chi connectivity index (χ1v) is 10.0. The van der Waals surface area contributed by atoms with E-state index in [4.69, 9.17) is 33.7 Å². The zero-order valence-corrected chi connectivity index (χ0v) is 17.0. The topological polar surface area (TPSA) is 72.5 Å². The maximum absolute atomic E-state index is 11.8. The van der Waals surface area contributed by atoms with Gasteiger partial charge in [-0.15, -0.1) is 0 Å². The third kappa shape index (κ3) is 3.84. The number of carbonyl (C=O) groups is 1. The van der Waals surface area contributed by atoms with Crippen LogP contribution in [0.4, 0.5) is 0 Å². The summed E-state index contributed by atoms with van der Waals surface area (Å²) in [5.74, 6) is -0.500. The van der Waals surface area contributed by atoms with Crippen LogP contribution in [0.1, 0.15) is 23.5 Å². The van der Waals surface area contributed by atoms with Crippen molar-refractivity contribution >= 4 is 29.2 Å². The van der Waals surface area contributed by atoms with Gasteiger partial charge in [-0.2, -0.15) is 0 Å². The first kappa shape index (κ1) is 19.8. The van der Waals surface area contributed by atoms with Gasteiger partial charge in [0, 0.05) is 17.2 Å². The van der Waals surface area contributed by atoms with Gasteiger partial charge in [0.1, 0.15) is 11.5 Å². The van der Waals surface area contributed by atoms with Crippen LogP contribution in [0, 0.1) is 0 Å². The average molecular weight is 428 g/mol. The quantitative estimate of drug-likeness (QED) is 0.543. The van der Waals surface area contributed by atoms with Gasteiger partial charge in [-0.25, -0.2) is 0 Å². The molecule has 29 heavy (non-hydrogen) atoms. The van der Waals surface area contributed by atoms with Crippen LogP contribution in [0.2, 0.25) is 10.0 Å². The van der Waals surface area contributed by atoms with Crippen molar-refractivity contribution < 1.29 is 14.6 Å². The normalized spacial score (nSPS) is 18.2. The number of benzene rings is 3. The van der Waals surface area contributed by atoms with E-state index in [1.165, 1.54) is 0 Å². The van der Waals surface area contributed by atoms with Crippen LogP contribution in [0.3, 0.4) is 0 Å². The summed E-state index contributed by atoms with van der Waals surface area (Å²) in [6.45, 7) is 0. The number of aliphatic carboxylic acids is 1. The number of carboxylic acids is 1. The molecule has 0 aromatic heterocycles. The molecule has 0 aliphatic heterocycles. The fourth-order valence-corrected chi connectivity index (χ4v) is 4.21. The van der Waals surface area contributed by atoms with Crippen LogP contribution in [0.5, 0.6) is 11.5 Å². The van der Waals surface area contributed by atoms with Crippen LogP contribution in [0.25, 0.3) is 11.1 Å². The fraction of sp³-hybridized carbons (Fsp3) is 0.174. The van der Waals surface area contributed by atoms with Crippen LogP contribution in [-0.4, -0.2) is 17.1 Å². The monoisotopic (exact) mass is 427 g/mol. The lowest BCUT2D eigenvalue weighted by atomic mass is 9.79. The van der Waals surface area contributed by atoms with Gasteiger partial charge in [0.2, 0.25) is 0 Å². The standard InChI is InChI=1S/C23H19Cl2NO3/c24-18-6-3-5-16(22(18)25)15-4-1-2-7-20(15)29-14-10-8-13-9-11-19(26)21(23(27)28)17(13)12-14/h1-8,10,12,19,21H,9,11,26H2,(H,27,28). The number of carboxylic acid groups (broad SMARTS) is 1. The minimum atomic E-state index is -0.915. The summed E-state index contributed by atoms with van der Waals surface area (Å²) in [6.07, 6.45) is 1.41. The van der Waals surface area contributed by atoms with Gasteiger partial charge in [0.15, 0.2) is 0 Å². The second-order valence-electron chi connectivity index (χ2n) is 7.08. The molecule has 3 aromatic carbocycles. The highest BCUT2D eigenvalue weighted by atomic mass is 35.5. The van der Waals surface area contributed by atoms with Crippen LogP contribution in [-0.2, 0) is 11.2 Å². The Hall–Kier alpha value is -2.53. The molecular weight excluding hydrogens is 409 g/mol. The van der Waals surface area contributed by atoms with Crippen molar-refractivity contribution in [2.45, 2.75) is 24.8 Å². The molecule has 0 saturated heterocycles. The van der Waals surface area contributed by atoms with Crippen molar-refractivity contribution in [2.75, 3.05) is 0 Å². The lowest BCUT2D eigenvalue weighted by Gasteiger charge is -2.28. The van der Waals surface area contributed by atoms with Crippen LogP contribution < -0.4 is 10.5 Å². The maximum atomic E-state index is 11.8. The molecule has 1 aliphatic rings. The van der Waals surface area contributed by atoms with Crippen molar-refractivity contribution in [1.82, 2.24) is 0 Å². The SMILES string of the molecule is NC1CCc2ccc(Oc3ccccc3-c3cccc(Cl)c3Cl)cc2C1C(=O)O. The van der Waals surface area contributed by atoms with E-state index in [0.29, 0.717) is 33.5 Å². The number of fused-ring (bicyclic) bond motifs is 1. The molecule has 6 heteroatoms. The highest BCUT2D eigenvalue weighted by Crippen LogP contribution is 2.41. The Bertz CT molecular complexity index is 1080. The van der Waals surface area contributed by atoms with Gasteiger partial charge in [-0.1, -0.05) is 59.6 Å². The lowest BCUT2D eigenvalue weighted by Crippen LogP contribution is -2.37. The minimum Gasteiger partial charge on any atom is -0.481 e. The number of hydrogen-bond acceptors (Lipinski definition) is 3. The second kappa shape index (κ2) is 8.07. The number of halogens is 2. The van der Waals surface area contributed by atoms with E-state index in [1.54, 1.807) is 12.1 Å². The molecule has 1 aliphatic carbocycles. The highest BCUT2D eigenvalue weighted by Gasteiger charge is 2.33. The Labute approximate surface area is 178 Å². The molecule has 3 N–H and O–H groups in total. The smallest absolute Gasteiger partial charge is 0.312 e. The summed E-state index contributed by atoms with van der Waals surface area (Å²) in [5.41, 5.74) is 9.35. The summed E-state index contributed by atoms with van der Waals surface area (Å²) < 4.78 is 6.15. The zero-order valence-electron chi connectivity index (χ0n) is 15.4. The van der Waals surface area contributed by atoms with E-state index in [2.05, 4.69) is 0 Å². The fourth-order valence-electron chi connectivity index (χ4n) is 3.81. The Morgan fingerprint density at radius 2 is 1.79 bits per heavy atom. The van der Waals surface area contributed by atoms with E-state index in [0.717, 1.165) is 23.1 Å². The number of rotatable bonds is 4. The van der Waals surface area contributed by atoms with Gasteiger partial charge < -0.3 is 15.6 Å². The van der Waals surface area contributed by atoms with E-state index < -0.39 is 17.9 Å². The van der Waals surface area contributed by atoms with Crippen molar-refractivity contribution in [3.63, 3.8) is 0 Å². The summed E-state index contributed by atoms with van der Waals surface area (Å²) in [4.78, 5) is 11.8. The predicted molar refractivity (Wildman–Crippen MR) is 115 cm³/mol. The molecule has 2 atom stereocenters. The van der Waals surface area contributed by atoms with E-state index in [9.17, 15) is 9.90 Å². The molecule has 2 unspecified atom stereocenters. The summed E-state index contributed by atoms with van der Waals surface area (Å²) in [6, 6.07) is 18.1. The molecule has 148 valence electrons. The maximum Gasteiger partial charge on any atom is 0.312 e. The van der Waals surface area contributed by atoms with Crippen LogP contribution >= 0.6 is 23.2 Å². The molecule has 0 spiro atoms. The van der Waals surface area contributed by atoms with Crippen molar-refractivity contribution in [2.24, 2.45) is 5.73 Å². The molecule has 0 saturated carbocycles. The molecule has 0 bridgehead atoms. The lowest BCUT2D eigenvalue weighted by molar-refractivity contribution is -0.139. The Morgan fingerprint density at radius 1 is 1.03 bits per heavy atom. The molecule has 0 fully saturated rings. The van der Waals surface area contributed by atoms with Crippen molar-refractivity contribution in [1.29, 1.82) is 0 Å². The number of aryl methyl sites for hydroxylation is 1. The molecule has 0 amide bonds. The first-order valence-electron chi connectivity index (χ1n) is 9.28. The Balaban J connectivity index is 1.73. The van der Waals surface area contributed by atoms with Gasteiger partial charge in [0.05, 0.1) is 16.0 Å². The predicted octanol–water partition coefficient (Wildman–Crippen LogP) is 5.89. The third-order valence-corrected chi connectivity index (χ3v) is 6.07. The second-order valence-corrected chi connectivity index (χ2v) is 7.86. The Morgan fingerprint density at radius 3 is 2.59 bits per heavy atom.